The summed E-state index contributed by atoms with van der Waals surface area (Å²) in [6.07, 6.45) is 0. The van der Waals surface area contributed by atoms with Crippen molar-refractivity contribution < 1.29 is 4.74 Å². The molecule has 3 aromatic heterocycles. The lowest BCUT2D eigenvalue weighted by Gasteiger charge is -2.29. The maximum Gasteiger partial charge on any atom is 0.260 e. The molecule has 6 nitrogen and oxygen atoms in total. The number of thiophene rings is 2. The van der Waals surface area contributed by atoms with Crippen molar-refractivity contribution in [3.63, 3.8) is 0 Å². The summed E-state index contributed by atoms with van der Waals surface area (Å²) in [5.41, 5.74) is 3.38. The molecular weight excluding hydrogens is 440 g/mol. The first-order chi connectivity index (χ1) is 15.6. The second kappa shape index (κ2) is 9.15. The summed E-state index contributed by atoms with van der Waals surface area (Å²) in [5.74, 6) is 0.703. The van der Waals surface area contributed by atoms with E-state index in [9.17, 15) is 4.79 Å². The van der Waals surface area contributed by atoms with Crippen molar-refractivity contribution in [2.24, 2.45) is 0 Å². The van der Waals surface area contributed by atoms with Crippen molar-refractivity contribution in [2.75, 3.05) is 38.3 Å². The van der Waals surface area contributed by atoms with Gasteiger partial charge in [0.05, 0.1) is 24.6 Å². The van der Waals surface area contributed by atoms with Gasteiger partial charge < -0.3 is 14.6 Å². The van der Waals surface area contributed by atoms with Crippen LogP contribution in [0.15, 0.2) is 52.0 Å². The van der Waals surface area contributed by atoms with E-state index < -0.39 is 0 Å². The molecule has 1 aliphatic rings. The van der Waals surface area contributed by atoms with Crippen LogP contribution in [0.4, 0.5) is 5.69 Å². The number of ether oxygens (including phenoxy) is 1. The summed E-state index contributed by atoms with van der Waals surface area (Å²) >= 11 is 3.17. The molecule has 0 aliphatic carbocycles. The molecule has 0 spiro atoms. The van der Waals surface area contributed by atoms with Gasteiger partial charge in [0.15, 0.2) is 0 Å². The van der Waals surface area contributed by atoms with Crippen LogP contribution in [0.25, 0.3) is 20.7 Å². The van der Waals surface area contributed by atoms with Crippen LogP contribution in [0.1, 0.15) is 24.4 Å². The Bertz CT molecular complexity index is 1240. The van der Waals surface area contributed by atoms with E-state index >= 15 is 0 Å². The van der Waals surface area contributed by atoms with Crippen LogP contribution in [0.3, 0.4) is 0 Å². The minimum atomic E-state index is -0.0650. The third-order valence-electron chi connectivity index (χ3n) is 6.05. The average Bonchev–Trinajstić information content (AvgIpc) is 3.49. The monoisotopic (exact) mass is 466 g/mol. The standard InChI is InChI=1S/C24H26N4O2S2/c1-16(27(2)14-17-5-7-18(8-6-17)28-9-11-30-12-10-28)22-25-23(29)21-19(15-32-24(21)26-22)20-4-3-13-31-20/h3-8,13,15-16H,9-12,14H2,1-2H3,(H,25,26,29)/t16-/m1/s1. The number of H-pyrrole nitrogens is 1. The SMILES string of the molecule is C[C@H](c1nc2scc(-c3cccs3)c2c(=O)[nH]1)N(C)Cc1ccc(N2CCOCC2)cc1. The first-order valence-corrected chi connectivity index (χ1v) is 12.5. The lowest BCUT2D eigenvalue weighted by atomic mass is 10.1. The highest BCUT2D eigenvalue weighted by Gasteiger charge is 2.19. The first-order valence-electron chi connectivity index (χ1n) is 10.8. The summed E-state index contributed by atoms with van der Waals surface area (Å²) in [4.78, 5) is 27.2. The number of aromatic amines is 1. The molecular formula is C24H26N4O2S2. The number of nitrogens with zero attached hydrogens (tertiary/aromatic N) is 3. The molecule has 0 amide bonds. The molecule has 1 aliphatic heterocycles. The normalized spacial score (nSPS) is 15.5. The number of hydrogen-bond donors (Lipinski definition) is 1. The Morgan fingerprint density at radius 2 is 1.97 bits per heavy atom. The van der Waals surface area contributed by atoms with Crippen LogP contribution in [-0.2, 0) is 11.3 Å². The summed E-state index contributed by atoms with van der Waals surface area (Å²) in [6.45, 7) is 6.31. The van der Waals surface area contributed by atoms with E-state index in [0.717, 1.165) is 48.1 Å². The van der Waals surface area contributed by atoms with Crippen LogP contribution in [-0.4, -0.2) is 48.2 Å². The molecule has 8 heteroatoms. The van der Waals surface area contributed by atoms with Crippen molar-refractivity contribution in [2.45, 2.75) is 19.5 Å². The van der Waals surface area contributed by atoms with Gasteiger partial charge in [-0.1, -0.05) is 18.2 Å². The van der Waals surface area contributed by atoms with Crippen molar-refractivity contribution in [1.29, 1.82) is 0 Å². The predicted octanol–water partition coefficient (Wildman–Crippen LogP) is 4.74. The number of nitrogens with one attached hydrogen (secondary N) is 1. The Balaban J connectivity index is 1.32. The minimum Gasteiger partial charge on any atom is -0.378 e. The van der Waals surface area contributed by atoms with E-state index in [0.29, 0.717) is 11.2 Å². The van der Waals surface area contributed by atoms with Crippen molar-refractivity contribution in [3.8, 4) is 10.4 Å². The molecule has 1 fully saturated rings. The number of fused-ring (bicyclic) bond motifs is 1. The number of anilines is 1. The highest BCUT2D eigenvalue weighted by Crippen LogP contribution is 2.34. The van der Waals surface area contributed by atoms with Crippen LogP contribution < -0.4 is 10.5 Å². The molecule has 4 aromatic rings. The molecule has 1 atom stereocenters. The molecule has 1 N–H and O–H groups in total. The molecule has 0 radical (unpaired) electrons. The Morgan fingerprint density at radius 3 is 2.69 bits per heavy atom. The van der Waals surface area contributed by atoms with E-state index in [-0.39, 0.29) is 11.6 Å². The molecule has 5 rings (SSSR count). The molecule has 166 valence electrons. The number of hydrogen-bond acceptors (Lipinski definition) is 7. The van der Waals surface area contributed by atoms with Gasteiger partial charge in [0.25, 0.3) is 5.56 Å². The Hall–Kier alpha value is -2.52. The second-order valence-electron chi connectivity index (χ2n) is 8.11. The third kappa shape index (κ3) is 4.23. The zero-order valence-corrected chi connectivity index (χ0v) is 19.8. The van der Waals surface area contributed by atoms with E-state index in [4.69, 9.17) is 9.72 Å². The average molecular weight is 467 g/mol. The zero-order chi connectivity index (χ0) is 22.1. The van der Waals surface area contributed by atoms with E-state index in [1.165, 1.54) is 22.6 Å². The predicted molar refractivity (Wildman–Crippen MR) is 133 cm³/mol. The maximum absolute atomic E-state index is 12.9. The fraction of sp³-hybridized carbons (Fsp3) is 0.333. The van der Waals surface area contributed by atoms with Crippen LogP contribution in [0.2, 0.25) is 0 Å². The molecule has 4 heterocycles. The Labute approximate surface area is 195 Å². The Kier molecular flexibility index (Phi) is 6.10. The van der Waals surface area contributed by atoms with Crippen LogP contribution >= 0.6 is 22.7 Å². The largest absolute Gasteiger partial charge is 0.378 e. The summed E-state index contributed by atoms with van der Waals surface area (Å²) in [5, 5.41) is 4.75. The smallest absolute Gasteiger partial charge is 0.260 e. The topological polar surface area (TPSA) is 61.5 Å². The van der Waals surface area contributed by atoms with Crippen LogP contribution in [0.5, 0.6) is 0 Å². The van der Waals surface area contributed by atoms with Crippen molar-refractivity contribution in [3.05, 3.63) is 68.9 Å². The van der Waals surface area contributed by atoms with Gasteiger partial charge in [-0.25, -0.2) is 4.98 Å². The van der Waals surface area contributed by atoms with Gasteiger partial charge >= 0.3 is 0 Å². The van der Waals surface area contributed by atoms with Gasteiger partial charge in [-0.15, -0.1) is 22.7 Å². The molecule has 1 saturated heterocycles. The van der Waals surface area contributed by atoms with Gasteiger partial charge in [-0.3, -0.25) is 9.69 Å². The van der Waals surface area contributed by atoms with Gasteiger partial charge in [-0.05, 0) is 43.1 Å². The number of benzene rings is 1. The number of morpholine rings is 1. The van der Waals surface area contributed by atoms with E-state index in [2.05, 4.69) is 53.0 Å². The molecule has 0 saturated carbocycles. The fourth-order valence-corrected chi connectivity index (χ4v) is 5.81. The highest BCUT2D eigenvalue weighted by atomic mass is 32.1. The fourth-order valence-electron chi connectivity index (χ4n) is 4.04. The van der Waals surface area contributed by atoms with Crippen LogP contribution in [0, 0.1) is 0 Å². The quantitative estimate of drug-likeness (QED) is 0.445. The lowest BCUT2D eigenvalue weighted by Crippen LogP contribution is -2.36. The molecule has 0 unspecified atom stereocenters. The third-order valence-corrected chi connectivity index (χ3v) is 7.83. The van der Waals surface area contributed by atoms with Crippen molar-refractivity contribution >= 4 is 38.6 Å². The lowest BCUT2D eigenvalue weighted by molar-refractivity contribution is 0.122. The van der Waals surface area contributed by atoms with E-state index in [1.54, 1.807) is 11.3 Å². The summed E-state index contributed by atoms with van der Waals surface area (Å²) in [6, 6.07) is 12.8. The Morgan fingerprint density at radius 1 is 1.19 bits per heavy atom. The summed E-state index contributed by atoms with van der Waals surface area (Å²) in [7, 11) is 2.07. The van der Waals surface area contributed by atoms with E-state index in [1.807, 2.05) is 22.9 Å². The molecule has 32 heavy (non-hydrogen) atoms. The maximum atomic E-state index is 12.9. The van der Waals surface area contributed by atoms with Crippen molar-refractivity contribution in [1.82, 2.24) is 14.9 Å². The molecule has 0 bridgehead atoms. The first kappa shape index (κ1) is 21.3. The minimum absolute atomic E-state index is 0.0155. The number of rotatable bonds is 6. The second-order valence-corrected chi connectivity index (χ2v) is 9.92. The zero-order valence-electron chi connectivity index (χ0n) is 18.2. The highest BCUT2D eigenvalue weighted by molar-refractivity contribution is 7.18. The summed E-state index contributed by atoms with van der Waals surface area (Å²) < 4.78 is 5.44. The van der Waals surface area contributed by atoms with Gasteiger partial charge in [0, 0.05) is 41.1 Å². The van der Waals surface area contributed by atoms with Gasteiger partial charge in [0.1, 0.15) is 10.7 Å². The molecule has 1 aromatic carbocycles. The van der Waals surface area contributed by atoms with Gasteiger partial charge in [0.2, 0.25) is 0 Å². The van der Waals surface area contributed by atoms with Gasteiger partial charge in [-0.2, -0.15) is 0 Å². The number of aromatic nitrogens is 2.